The van der Waals surface area contributed by atoms with E-state index in [2.05, 4.69) is 23.5 Å². The third-order valence-electron chi connectivity index (χ3n) is 2.93. The molecule has 0 saturated heterocycles. The number of hydrogen-bond donors (Lipinski definition) is 1. The molecule has 0 atom stereocenters. The van der Waals surface area contributed by atoms with Gasteiger partial charge in [0.1, 0.15) is 0 Å². The van der Waals surface area contributed by atoms with Crippen molar-refractivity contribution in [1.29, 1.82) is 0 Å². The lowest BCUT2D eigenvalue weighted by Gasteiger charge is -2.10. The number of halogens is 1. The van der Waals surface area contributed by atoms with Crippen LogP contribution in [0.15, 0.2) is 48.5 Å². The quantitative estimate of drug-likeness (QED) is 0.866. The van der Waals surface area contributed by atoms with Crippen LogP contribution in [0.4, 0.5) is 0 Å². The van der Waals surface area contributed by atoms with E-state index < -0.39 is 0 Å². The molecule has 0 bridgehead atoms. The molecule has 0 aliphatic carbocycles. The van der Waals surface area contributed by atoms with Crippen LogP contribution in [0.2, 0.25) is 5.02 Å². The van der Waals surface area contributed by atoms with Crippen LogP contribution >= 0.6 is 11.6 Å². The number of rotatable bonds is 6. The van der Waals surface area contributed by atoms with Crippen molar-refractivity contribution in [3.05, 3.63) is 70.2 Å². The van der Waals surface area contributed by atoms with Crippen LogP contribution in [-0.2, 0) is 24.5 Å². The van der Waals surface area contributed by atoms with Gasteiger partial charge in [0.15, 0.2) is 0 Å². The normalized spacial score (nSPS) is 10.6. The SMILES string of the molecule is CNCc1ccccc1COCc1ccc(Cl)cc1. The summed E-state index contributed by atoms with van der Waals surface area (Å²) in [4.78, 5) is 0. The van der Waals surface area contributed by atoms with Crippen LogP contribution in [0.1, 0.15) is 16.7 Å². The smallest absolute Gasteiger partial charge is 0.0724 e. The highest BCUT2D eigenvalue weighted by Gasteiger charge is 2.01. The van der Waals surface area contributed by atoms with Gasteiger partial charge >= 0.3 is 0 Å². The Labute approximate surface area is 119 Å². The number of nitrogens with one attached hydrogen (secondary N) is 1. The number of hydrogen-bond acceptors (Lipinski definition) is 2. The standard InChI is InChI=1S/C16H18ClNO/c1-18-10-14-4-2-3-5-15(14)12-19-11-13-6-8-16(17)9-7-13/h2-9,18H,10-12H2,1H3. The van der Waals surface area contributed by atoms with Crippen molar-refractivity contribution in [3.8, 4) is 0 Å². The first-order chi connectivity index (χ1) is 9.29. The fraction of sp³-hybridized carbons (Fsp3) is 0.250. The van der Waals surface area contributed by atoms with Crippen LogP contribution < -0.4 is 5.32 Å². The zero-order chi connectivity index (χ0) is 13.5. The lowest BCUT2D eigenvalue weighted by atomic mass is 10.1. The predicted molar refractivity (Wildman–Crippen MR) is 79.2 cm³/mol. The fourth-order valence-electron chi connectivity index (χ4n) is 1.92. The van der Waals surface area contributed by atoms with Crippen molar-refractivity contribution in [2.75, 3.05) is 7.05 Å². The zero-order valence-corrected chi connectivity index (χ0v) is 11.8. The van der Waals surface area contributed by atoms with E-state index in [-0.39, 0.29) is 0 Å². The Hall–Kier alpha value is -1.35. The van der Waals surface area contributed by atoms with Gasteiger partial charge in [-0.05, 0) is 35.9 Å². The molecule has 2 aromatic rings. The van der Waals surface area contributed by atoms with Gasteiger partial charge in [-0.15, -0.1) is 0 Å². The molecular weight excluding hydrogens is 258 g/mol. The van der Waals surface area contributed by atoms with Gasteiger partial charge in [-0.2, -0.15) is 0 Å². The van der Waals surface area contributed by atoms with Crippen molar-refractivity contribution in [3.63, 3.8) is 0 Å². The summed E-state index contributed by atoms with van der Waals surface area (Å²) in [5.74, 6) is 0. The van der Waals surface area contributed by atoms with Gasteiger partial charge in [-0.25, -0.2) is 0 Å². The van der Waals surface area contributed by atoms with E-state index in [0.717, 1.165) is 17.1 Å². The van der Waals surface area contributed by atoms with Crippen molar-refractivity contribution in [2.45, 2.75) is 19.8 Å². The van der Waals surface area contributed by atoms with Gasteiger partial charge < -0.3 is 10.1 Å². The van der Waals surface area contributed by atoms with E-state index >= 15 is 0 Å². The predicted octanol–water partition coefficient (Wildman–Crippen LogP) is 3.78. The van der Waals surface area contributed by atoms with Crippen molar-refractivity contribution in [2.24, 2.45) is 0 Å². The molecule has 19 heavy (non-hydrogen) atoms. The highest BCUT2D eigenvalue weighted by molar-refractivity contribution is 6.30. The van der Waals surface area contributed by atoms with Crippen molar-refractivity contribution < 1.29 is 4.74 Å². The molecule has 0 aromatic heterocycles. The first kappa shape index (κ1) is 14.1. The molecule has 0 radical (unpaired) electrons. The molecule has 2 rings (SSSR count). The molecule has 0 aliphatic rings. The lowest BCUT2D eigenvalue weighted by Crippen LogP contribution is -2.08. The average Bonchev–Trinajstić information content (AvgIpc) is 2.43. The largest absolute Gasteiger partial charge is 0.372 e. The summed E-state index contributed by atoms with van der Waals surface area (Å²) in [6, 6.07) is 16.1. The second-order valence-corrected chi connectivity index (χ2v) is 4.85. The summed E-state index contributed by atoms with van der Waals surface area (Å²) in [6.45, 7) is 2.09. The third kappa shape index (κ3) is 4.35. The maximum absolute atomic E-state index is 5.85. The van der Waals surface area contributed by atoms with E-state index in [0.29, 0.717) is 13.2 Å². The molecule has 0 spiro atoms. The van der Waals surface area contributed by atoms with Crippen LogP contribution in [0, 0.1) is 0 Å². The number of benzene rings is 2. The molecule has 2 nitrogen and oxygen atoms in total. The topological polar surface area (TPSA) is 21.3 Å². The summed E-state index contributed by atoms with van der Waals surface area (Å²) in [5.41, 5.74) is 3.64. The lowest BCUT2D eigenvalue weighted by molar-refractivity contribution is 0.106. The highest BCUT2D eigenvalue weighted by atomic mass is 35.5. The molecule has 2 aromatic carbocycles. The Balaban J connectivity index is 1.90. The molecule has 0 fully saturated rings. The minimum Gasteiger partial charge on any atom is -0.372 e. The van der Waals surface area contributed by atoms with E-state index in [9.17, 15) is 0 Å². The maximum atomic E-state index is 5.85. The molecular formula is C16H18ClNO. The average molecular weight is 276 g/mol. The summed E-state index contributed by atoms with van der Waals surface area (Å²) >= 11 is 5.85. The monoisotopic (exact) mass is 275 g/mol. The summed E-state index contributed by atoms with van der Waals surface area (Å²) < 4.78 is 5.76. The first-order valence-corrected chi connectivity index (χ1v) is 6.71. The van der Waals surface area contributed by atoms with Gasteiger partial charge in [-0.3, -0.25) is 0 Å². The minimum atomic E-state index is 0.602. The fourth-order valence-corrected chi connectivity index (χ4v) is 2.05. The van der Waals surface area contributed by atoms with E-state index in [1.54, 1.807) is 0 Å². The first-order valence-electron chi connectivity index (χ1n) is 6.33. The Morgan fingerprint density at radius 1 is 0.947 bits per heavy atom. The maximum Gasteiger partial charge on any atom is 0.0724 e. The van der Waals surface area contributed by atoms with E-state index in [1.165, 1.54) is 11.1 Å². The van der Waals surface area contributed by atoms with Gasteiger partial charge in [0.05, 0.1) is 13.2 Å². The number of ether oxygens (including phenoxy) is 1. The molecule has 100 valence electrons. The van der Waals surface area contributed by atoms with E-state index in [4.69, 9.17) is 16.3 Å². The zero-order valence-electron chi connectivity index (χ0n) is 11.0. The molecule has 1 N–H and O–H groups in total. The summed E-state index contributed by atoms with van der Waals surface area (Å²) in [7, 11) is 1.95. The van der Waals surface area contributed by atoms with Gasteiger partial charge in [0, 0.05) is 11.6 Å². The van der Waals surface area contributed by atoms with Crippen LogP contribution in [0.3, 0.4) is 0 Å². The minimum absolute atomic E-state index is 0.602. The highest BCUT2D eigenvalue weighted by Crippen LogP contribution is 2.13. The second-order valence-electron chi connectivity index (χ2n) is 4.42. The molecule has 0 heterocycles. The molecule has 0 unspecified atom stereocenters. The van der Waals surface area contributed by atoms with Gasteiger partial charge in [-0.1, -0.05) is 48.0 Å². The Morgan fingerprint density at radius 2 is 1.63 bits per heavy atom. The van der Waals surface area contributed by atoms with Crippen LogP contribution in [0.25, 0.3) is 0 Å². The molecule has 3 heteroatoms. The Kier molecular flexibility index (Phi) is 5.40. The Bertz CT molecular complexity index is 510. The Morgan fingerprint density at radius 3 is 2.32 bits per heavy atom. The van der Waals surface area contributed by atoms with Crippen molar-refractivity contribution >= 4 is 11.6 Å². The summed E-state index contributed by atoms with van der Waals surface area (Å²) in [6.07, 6.45) is 0. The molecule has 0 saturated carbocycles. The van der Waals surface area contributed by atoms with Crippen LogP contribution in [-0.4, -0.2) is 7.05 Å². The van der Waals surface area contributed by atoms with Gasteiger partial charge in [0.2, 0.25) is 0 Å². The van der Waals surface area contributed by atoms with Crippen LogP contribution in [0.5, 0.6) is 0 Å². The van der Waals surface area contributed by atoms with Crippen molar-refractivity contribution in [1.82, 2.24) is 5.32 Å². The van der Waals surface area contributed by atoms with E-state index in [1.807, 2.05) is 37.4 Å². The molecule has 0 aliphatic heterocycles. The molecule has 0 amide bonds. The summed E-state index contributed by atoms with van der Waals surface area (Å²) in [5, 5.41) is 3.92. The second kappa shape index (κ2) is 7.29. The van der Waals surface area contributed by atoms with Gasteiger partial charge in [0.25, 0.3) is 0 Å². The third-order valence-corrected chi connectivity index (χ3v) is 3.18.